The first-order chi connectivity index (χ1) is 30.3. The number of hydrogen-bond acceptors (Lipinski definition) is 10. The fourth-order valence-electron chi connectivity index (χ4n) is 7.27. The van der Waals surface area contributed by atoms with Crippen LogP contribution in [0.25, 0.3) is 0 Å². The number of hydrogen-bond donors (Lipinski definition) is 6. The second kappa shape index (κ2) is 22.6. The first-order valence-electron chi connectivity index (χ1n) is 21.9. The van der Waals surface area contributed by atoms with E-state index in [2.05, 4.69) is 41.2 Å². The summed E-state index contributed by atoms with van der Waals surface area (Å²) in [5.41, 5.74) is 2.58. The summed E-state index contributed by atoms with van der Waals surface area (Å²) in [5.74, 6) is -0.228. The molecule has 18 heteroatoms. The van der Waals surface area contributed by atoms with E-state index < -0.39 is 11.2 Å². The molecule has 2 aliphatic heterocycles. The highest BCUT2D eigenvalue weighted by atomic mass is 35.5. The van der Waals surface area contributed by atoms with Crippen LogP contribution < -0.4 is 21.3 Å². The molecular formula is C46H64Cl2N10O6. The summed E-state index contributed by atoms with van der Waals surface area (Å²) in [6.45, 7) is 18.0. The number of nitrogens with zero attached hydrogens (tertiary/aromatic N) is 4. The average molecular weight is 924 g/mol. The van der Waals surface area contributed by atoms with Crippen LogP contribution in [-0.2, 0) is 35.4 Å². The minimum atomic E-state index is -0.565. The molecule has 6 rings (SSSR count). The molecule has 6 N–H and O–H groups in total. The van der Waals surface area contributed by atoms with Gasteiger partial charge < -0.3 is 50.5 Å². The van der Waals surface area contributed by atoms with Crippen molar-refractivity contribution in [2.45, 2.75) is 130 Å². The van der Waals surface area contributed by atoms with Crippen LogP contribution in [0.1, 0.15) is 112 Å². The number of aromatic amines is 2. The van der Waals surface area contributed by atoms with Crippen molar-refractivity contribution in [2.75, 3.05) is 26.2 Å². The number of carbonyl (C=O) groups excluding carboxylic acids is 4. The van der Waals surface area contributed by atoms with E-state index in [0.29, 0.717) is 75.3 Å². The van der Waals surface area contributed by atoms with Gasteiger partial charge in [0.2, 0.25) is 0 Å². The maximum Gasteiger partial charge on any atom is 0.410 e. The number of carbonyl (C=O) groups is 4. The van der Waals surface area contributed by atoms with E-state index in [4.69, 9.17) is 32.7 Å². The zero-order valence-electron chi connectivity index (χ0n) is 38.1. The third kappa shape index (κ3) is 15.0. The molecule has 64 heavy (non-hydrogen) atoms. The summed E-state index contributed by atoms with van der Waals surface area (Å²) in [6.07, 6.45) is 1.81. The highest BCUT2D eigenvalue weighted by Gasteiger charge is 2.36. The normalized spacial score (nSPS) is 19.0. The highest BCUT2D eigenvalue weighted by molar-refractivity contribution is 6.30. The average Bonchev–Trinajstić information content (AvgIpc) is 3.84. The van der Waals surface area contributed by atoms with Crippen LogP contribution in [0.15, 0.2) is 60.7 Å². The van der Waals surface area contributed by atoms with Gasteiger partial charge in [0.25, 0.3) is 11.8 Å². The lowest BCUT2D eigenvalue weighted by molar-refractivity contribution is 0.0151. The Morgan fingerprint density at radius 1 is 0.625 bits per heavy atom. The van der Waals surface area contributed by atoms with Crippen LogP contribution in [0.3, 0.4) is 0 Å². The number of ether oxygens (including phenoxy) is 2. The Morgan fingerprint density at radius 2 is 0.984 bits per heavy atom. The minimum Gasteiger partial charge on any atom is -0.444 e. The van der Waals surface area contributed by atoms with Gasteiger partial charge in [-0.25, -0.2) is 19.6 Å². The number of likely N-dealkylation sites (tertiary alicyclic amines) is 2. The summed E-state index contributed by atoms with van der Waals surface area (Å²) in [6, 6.07) is 19.3. The Kier molecular flexibility index (Phi) is 17.6. The highest BCUT2D eigenvalue weighted by Crippen LogP contribution is 2.21. The number of halogens is 2. The molecule has 0 unspecified atom stereocenters. The predicted octanol–water partition coefficient (Wildman–Crippen LogP) is 7.05. The fraction of sp³-hybridized carbons (Fsp3) is 0.522. The van der Waals surface area contributed by atoms with Crippen molar-refractivity contribution < 1.29 is 28.7 Å². The van der Waals surface area contributed by atoms with Crippen molar-refractivity contribution in [3.05, 3.63) is 105 Å². The number of aromatic nitrogens is 4. The number of nitrogens with one attached hydrogen (secondary N) is 6. The lowest BCUT2D eigenvalue weighted by atomic mass is 9.98. The van der Waals surface area contributed by atoms with Gasteiger partial charge in [0.05, 0.1) is 11.4 Å². The lowest BCUT2D eigenvalue weighted by Gasteiger charge is -2.39. The summed E-state index contributed by atoms with van der Waals surface area (Å²) < 4.78 is 11.1. The van der Waals surface area contributed by atoms with Crippen molar-refractivity contribution in [1.82, 2.24) is 51.0 Å². The standard InChI is InChI=1S/2C23H32ClN5O3/c2*1-5-16-19(24)28-20(26-16)21(30)27-17-11-12-29(22(31)32-23(2,3)4)14-18(17)25-13-15-9-7-6-8-10-15/h2*6-10,17-18,25H,5,11-14H2,1-4H3,(H,26,28)(H,27,30)/t17-,18+;17-,18-/m01/s1. The first kappa shape index (κ1) is 49.8. The molecular weight excluding hydrogens is 859 g/mol. The Balaban J connectivity index is 0.000000241. The van der Waals surface area contributed by atoms with Crippen LogP contribution in [0, 0.1) is 0 Å². The number of aryl methyl sites for hydroxylation is 2. The van der Waals surface area contributed by atoms with Crippen molar-refractivity contribution in [1.29, 1.82) is 0 Å². The zero-order chi connectivity index (χ0) is 46.6. The molecule has 4 aromatic rings. The van der Waals surface area contributed by atoms with Gasteiger partial charge in [-0.15, -0.1) is 0 Å². The topological polar surface area (TPSA) is 199 Å². The molecule has 2 fully saturated rings. The number of rotatable bonds is 12. The molecule has 2 aromatic carbocycles. The third-order valence-corrected chi connectivity index (χ3v) is 11.2. The lowest BCUT2D eigenvalue weighted by Crippen LogP contribution is -2.60. The Morgan fingerprint density at radius 3 is 1.30 bits per heavy atom. The largest absolute Gasteiger partial charge is 0.444 e. The van der Waals surface area contributed by atoms with Gasteiger partial charge in [-0.05, 0) is 78.4 Å². The van der Waals surface area contributed by atoms with E-state index in [0.717, 1.165) is 22.5 Å². The monoisotopic (exact) mass is 922 g/mol. The Bertz CT molecular complexity index is 2000. The first-order valence-corrected chi connectivity index (χ1v) is 22.7. The molecule has 0 saturated carbocycles. The smallest absolute Gasteiger partial charge is 0.410 e. The van der Waals surface area contributed by atoms with Crippen molar-refractivity contribution in [3.63, 3.8) is 0 Å². The molecule has 0 bridgehead atoms. The molecule has 0 aliphatic carbocycles. The molecule has 4 amide bonds. The van der Waals surface area contributed by atoms with Crippen LogP contribution in [0.2, 0.25) is 10.3 Å². The Hall–Kier alpha value is -5.16. The Labute approximate surface area is 386 Å². The third-order valence-electron chi connectivity index (χ3n) is 10.6. The van der Waals surface area contributed by atoms with Crippen molar-refractivity contribution in [2.24, 2.45) is 0 Å². The van der Waals surface area contributed by atoms with E-state index in [9.17, 15) is 19.2 Å². The van der Waals surface area contributed by atoms with Gasteiger partial charge in [0.15, 0.2) is 22.0 Å². The maximum atomic E-state index is 12.8. The van der Waals surface area contributed by atoms with Crippen molar-refractivity contribution in [3.8, 4) is 0 Å². The van der Waals surface area contributed by atoms with Crippen LogP contribution in [0.4, 0.5) is 9.59 Å². The van der Waals surface area contributed by atoms with Gasteiger partial charge in [0.1, 0.15) is 11.2 Å². The van der Waals surface area contributed by atoms with E-state index in [1.807, 2.05) is 116 Å². The van der Waals surface area contributed by atoms with Gasteiger partial charge in [0, 0.05) is 63.4 Å². The summed E-state index contributed by atoms with van der Waals surface area (Å²) in [5, 5.41) is 13.8. The number of amides is 4. The number of H-pyrrole nitrogens is 2. The van der Waals surface area contributed by atoms with Crippen LogP contribution >= 0.6 is 23.2 Å². The van der Waals surface area contributed by atoms with E-state index in [-0.39, 0.29) is 59.8 Å². The molecule has 4 atom stereocenters. The molecule has 16 nitrogen and oxygen atoms in total. The van der Waals surface area contributed by atoms with E-state index in [1.54, 1.807) is 9.80 Å². The summed E-state index contributed by atoms with van der Waals surface area (Å²) in [4.78, 5) is 68.5. The van der Waals surface area contributed by atoms with Gasteiger partial charge in [-0.1, -0.05) is 97.7 Å². The predicted molar refractivity (Wildman–Crippen MR) is 247 cm³/mol. The fourth-order valence-corrected chi connectivity index (χ4v) is 7.80. The second-order valence-electron chi connectivity index (χ2n) is 18.0. The molecule has 4 heterocycles. The second-order valence-corrected chi connectivity index (χ2v) is 18.7. The SMILES string of the molecule is CCc1[nH]c(C(=O)N[C@@H]2CCN(C(=O)OC(C)(C)C)C[C@H]2NCc2ccccc2)nc1Cl.CCc1[nH]c(C(=O)N[C@H]2CCN(C(=O)OC(C)(C)C)C[C@H]2NCc2ccccc2)nc1Cl. The molecule has 2 saturated heterocycles. The van der Waals surface area contributed by atoms with Gasteiger partial charge >= 0.3 is 12.2 Å². The summed E-state index contributed by atoms with van der Waals surface area (Å²) in [7, 11) is 0. The van der Waals surface area contributed by atoms with Gasteiger partial charge in [-0.3, -0.25) is 9.59 Å². The van der Waals surface area contributed by atoms with Crippen LogP contribution in [-0.4, -0.2) is 115 Å². The van der Waals surface area contributed by atoms with Crippen LogP contribution in [0.5, 0.6) is 0 Å². The molecule has 0 radical (unpaired) electrons. The molecule has 0 spiro atoms. The van der Waals surface area contributed by atoms with E-state index in [1.165, 1.54) is 0 Å². The maximum absolute atomic E-state index is 12.8. The number of piperidine rings is 2. The molecule has 2 aliphatic rings. The van der Waals surface area contributed by atoms with Crippen molar-refractivity contribution >= 4 is 47.2 Å². The van der Waals surface area contributed by atoms with Gasteiger partial charge in [-0.2, -0.15) is 0 Å². The summed E-state index contributed by atoms with van der Waals surface area (Å²) >= 11 is 12.2. The number of benzene rings is 2. The zero-order valence-corrected chi connectivity index (χ0v) is 39.7. The number of imidazole rings is 2. The molecule has 2 aromatic heterocycles. The van der Waals surface area contributed by atoms with E-state index >= 15 is 0 Å². The quantitative estimate of drug-likeness (QED) is 0.0857. The minimum absolute atomic E-state index is 0.156. The molecule has 348 valence electrons.